The van der Waals surface area contributed by atoms with Gasteiger partial charge in [-0.2, -0.15) is 0 Å². The van der Waals surface area contributed by atoms with E-state index in [0.29, 0.717) is 78.0 Å². The van der Waals surface area contributed by atoms with Gasteiger partial charge in [0.1, 0.15) is 13.2 Å². The lowest BCUT2D eigenvalue weighted by atomic mass is 10.2. The Balaban J connectivity index is 0.0000146. The van der Waals surface area contributed by atoms with Crippen LogP contribution in [-0.4, -0.2) is 123 Å². The van der Waals surface area contributed by atoms with E-state index in [2.05, 4.69) is 39.3 Å². The van der Waals surface area contributed by atoms with Crippen LogP contribution in [0, 0.1) is 0 Å². The van der Waals surface area contributed by atoms with E-state index in [9.17, 15) is 28.8 Å². The summed E-state index contributed by atoms with van der Waals surface area (Å²) in [5, 5.41) is 0. The molecule has 0 saturated heterocycles. The van der Waals surface area contributed by atoms with Gasteiger partial charge in [0.2, 0.25) is 0 Å². The van der Waals surface area contributed by atoms with E-state index in [1.165, 1.54) is 34.1 Å². The third-order valence-electron chi connectivity index (χ3n) is 8.49. The van der Waals surface area contributed by atoms with Gasteiger partial charge in [-0.3, -0.25) is 38.6 Å². The fourth-order valence-corrected chi connectivity index (χ4v) is 20.2. The minimum Gasteiger partial charge on any atom is -0.463 e. The van der Waals surface area contributed by atoms with Gasteiger partial charge in [0.15, 0.2) is 16.6 Å². The number of hydrogen-bond donors (Lipinski definition) is 0. The molecule has 0 radical (unpaired) electrons. The van der Waals surface area contributed by atoms with Crippen molar-refractivity contribution in [2.45, 2.75) is 130 Å². The van der Waals surface area contributed by atoms with Crippen LogP contribution in [0.4, 0.5) is 0 Å². The van der Waals surface area contributed by atoms with E-state index in [-0.39, 0.29) is 63.6 Å². The van der Waals surface area contributed by atoms with Crippen LogP contribution < -0.4 is 0 Å². The van der Waals surface area contributed by atoms with Gasteiger partial charge in [-0.05, 0) is 89.9 Å². The zero-order chi connectivity index (χ0) is 39.3. The van der Waals surface area contributed by atoms with Gasteiger partial charge in [-0.1, -0.05) is 27.7 Å². The first-order valence-corrected chi connectivity index (χ1v) is 28.0. The summed E-state index contributed by atoms with van der Waals surface area (Å²) < 4.78 is 35.3. The van der Waals surface area contributed by atoms with Crippen LogP contribution in [0.1, 0.15) is 79.1 Å². The second-order valence-electron chi connectivity index (χ2n) is 14.9. The summed E-state index contributed by atoms with van der Waals surface area (Å²) >= 11 is 0. The number of esters is 2. The fourth-order valence-electron chi connectivity index (χ4n) is 6.17. The average Bonchev–Trinajstić information content (AvgIpc) is 3.56. The Morgan fingerprint density at radius 2 is 0.836 bits per heavy atom. The van der Waals surface area contributed by atoms with Gasteiger partial charge >= 0.3 is 20.5 Å². The highest BCUT2D eigenvalue weighted by Crippen LogP contribution is 2.26. The molecule has 14 nitrogen and oxygen atoms in total. The van der Waals surface area contributed by atoms with E-state index in [4.69, 9.17) is 27.2 Å². The van der Waals surface area contributed by atoms with E-state index >= 15 is 0 Å². The van der Waals surface area contributed by atoms with Gasteiger partial charge in [0, 0.05) is 63.4 Å². The molecule has 0 atom stereocenters. The first kappa shape index (κ1) is 52.2. The van der Waals surface area contributed by atoms with Gasteiger partial charge in [0.25, 0.3) is 23.6 Å². The lowest BCUT2D eigenvalue weighted by molar-refractivity contribution is -0.146. The molecule has 2 rings (SSSR count). The molecular formula is C38H70N2O12Si3. The number of rotatable bonds is 30. The largest absolute Gasteiger partial charge is 0.463 e. The molecule has 0 fully saturated rings. The number of hydrogen-bond acceptors (Lipinski definition) is 12. The van der Waals surface area contributed by atoms with Gasteiger partial charge in [-0.15, -0.1) is 0 Å². The molecule has 316 valence electrons. The first-order chi connectivity index (χ1) is 25.0. The van der Waals surface area contributed by atoms with Crippen molar-refractivity contribution in [2.24, 2.45) is 0 Å². The van der Waals surface area contributed by atoms with E-state index in [0.717, 1.165) is 37.8 Å². The molecule has 0 bridgehead atoms. The summed E-state index contributed by atoms with van der Waals surface area (Å²) in [6.07, 6.45) is 11.4. The third-order valence-corrected chi connectivity index (χ3v) is 20.0. The monoisotopic (exact) mass is 830 g/mol. The number of ether oxygens (including phenoxy) is 4. The molecule has 2 aliphatic heterocycles. The number of amides is 4. The molecule has 0 aromatic heterocycles. The Kier molecular flexibility index (Phi) is 25.6. The summed E-state index contributed by atoms with van der Waals surface area (Å²) in [5.74, 6) is -1.68. The maximum absolute atomic E-state index is 12.0. The Labute approximate surface area is 333 Å². The van der Waals surface area contributed by atoms with Crippen molar-refractivity contribution in [1.29, 1.82) is 0 Å². The van der Waals surface area contributed by atoms with Crippen molar-refractivity contribution in [3.05, 3.63) is 24.3 Å². The molecule has 0 aromatic carbocycles. The van der Waals surface area contributed by atoms with Gasteiger partial charge in [0.05, 0.1) is 13.2 Å². The predicted octanol–water partition coefficient (Wildman–Crippen LogP) is 6.27. The molecule has 17 heteroatoms. The summed E-state index contributed by atoms with van der Waals surface area (Å²) in [6.45, 7) is 16.0. The molecule has 0 aromatic rings. The van der Waals surface area contributed by atoms with Crippen molar-refractivity contribution in [1.82, 2.24) is 9.80 Å². The zero-order valence-corrected chi connectivity index (χ0v) is 35.7. The van der Waals surface area contributed by atoms with Crippen molar-refractivity contribution in [3.63, 3.8) is 0 Å². The van der Waals surface area contributed by atoms with E-state index in [1.54, 1.807) is 0 Å². The summed E-state index contributed by atoms with van der Waals surface area (Å²) in [5.41, 5.74) is 0. The number of nitrogens with zero attached hydrogens (tertiary/aromatic N) is 2. The standard InChI is InChI=1S/C36H62N2O12Si3.2CH4/c1-51(2,29-13-23-45-25-27-47-35(43)15-9-7-11-21-37-31(39)17-18-32(37)40)49-53(5,6)50-52(3,4)30-14-24-46-26-28-48-36(44)16-10-8-12-22-38-33(41)19-20-34(38)42;;/h17-20H,7-16,21-30H2,1-6H3;2*1H4. The van der Waals surface area contributed by atoms with Gasteiger partial charge in [-0.25, -0.2) is 0 Å². The number of imide groups is 2. The molecule has 0 spiro atoms. The maximum Gasteiger partial charge on any atom is 0.311 e. The second-order valence-corrected chi connectivity index (χ2v) is 27.4. The van der Waals surface area contributed by atoms with Crippen molar-refractivity contribution < 1.29 is 55.9 Å². The van der Waals surface area contributed by atoms with Crippen LogP contribution in [0.3, 0.4) is 0 Å². The molecule has 0 saturated carbocycles. The smallest absolute Gasteiger partial charge is 0.311 e. The van der Waals surface area contributed by atoms with Crippen molar-refractivity contribution in [2.75, 3.05) is 52.7 Å². The van der Waals surface area contributed by atoms with Crippen LogP contribution >= 0.6 is 0 Å². The van der Waals surface area contributed by atoms with Crippen molar-refractivity contribution >= 4 is 60.8 Å². The highest BCUT2D eigenvalue weighted by Gasteiger charge is 2.39. The summed E-state index contributed by atoms with van der Waals surface area (Å²) in [7, 11) is -6.35. The molecule has 2 heterocycles. The van der Waals surface area contributed by atoms with Crippen LogP contribution in [0.15, 0.2) is 24.3 Å². The fraction of sp³-hybridized carbons (Fsp3) is 0.737. The average molecular weight is 831 g/mol. The second kappa shape index (κ2) is 26.9. The predicted molar refractivity (Wildman–Crippen MR) is 219 cm³/mol. The molecular weight excluding hydrogens is 761 g/mol. The lowest BCUT2D eigenvalue weighted by Gasteiger charge is -2.38. The highest BCUT2D eigenvalue weighted by molar-refractivity contribution is 6.87. The quantitative estimate of drug-likeness (QED) is 0.0345. The number of unbranched alkanes of at least 4 members (excludes halogenated alkanes) is 4. The maximum atomic E-state index is 12.0. The SMILES string of the molecule is C.C.C[Si](C)(CCCOCCOC(=O)CCCCCN1C(=O)C=CC1=O)O[Si](C)(C)O[Si](C)(C)CCCOCCOC(=O)CCCCCN1C(=O)C=CC1=O. The summed E-state index contributed by atoms with van der Waals surface area (Å²) in [4.78, 5) is 72.5. The third kappa shape index (κ3) is 23.1. The Hall–Kier alpha value is -2.81. The Morgan fingerprint density at radius 3 is 1.18 bits per heavy atom. The van der Waals surface area contributed by atoms with Crippen LogP contribution in [-0.2, 0) is 55.9 Å². The van der Waals surface area contributed by atoms with E-state index in [1.807, 2.05) is 0 Å². The molecule has 0 aliphatic carbocycles. The minimum absolute atomic E-state index is 0. The molecule has 0 N–H and O–H groups in total. The molecule has 2 aliphatic rings. The van der Waals surface area contributed by atoms with Crippen LogP contribution in [0.5, 0.6) is 0 Å². The van der Waals surface area contributed by atoms with Crippen LogP contribution in [0.25, 0.3) is 0 Å². The van der Waals surface area contributed by atoms with Crippen molar-refractivity contribution in [3.8, 4) is 0 Å². The molecule has 55 heavy (non-hydrogen) atoms. The first-order valence-electron chi connectivity index (χ1n) is 18.9. The molecule has 4 amide bonds. The normalized spacial score (nSPS) is 14.4. The summed E-state index contributed by atoms with van der Waals surface area (Å²) in [6, 6.07) is 1.86. The lowest BCUT2D eigenvalue weighted by Crippen LogP contribution is -2.52. The van der Waals surface area contributed by atoms with Crippen LogP contribution in [0.2, 0.25) is 51.4 Å². The Bertz CT molecular complexity index is 1160. The van der Waals surface area contributed by atoms with Gasteiger partial charge < -0.3 is 27.2 Å². The molecule has 0 unspecified atom stereocenters. The number of carbonyl (C=O) groups excluding carboxylic acids is 6. The van der Waals surface area contributed by atoms with E-state index < -0.39 is 25.2 Å². The highest BCUT2D eigenvalue weighted by atomic mass is 28.5. The Morgan fingerprint density at radius 1 is 0.491 bits per heavy atom. The topological polar surface area (TPSA) is 164 Å². The minimum atomic E-state index is -2.36. The zero-order valence-electron chi connectivity index (χ0n) is 32.7. The number of carbonyl (C=O) groups is 6.